The highest BCUT2D eigenvalue weighted by Crippen LogP contribution is 2.07. The zero-order chi connectivity index (χ0) is 13.9. The van der Waals surface area contributed by atoms with Gasteiger partial charge in [0.1, 0.15) is 0 Å². The number of ether oxygens (including phenoxy) is 2. The Hall–Kier alpha value is -1.86. The summed E-state index contributed by atoms with van der Waals surface area (Å²) in [5.74, 6) is 6.52. The fourth-order valence-corrected chi connectivity index (χ4v) is 1.37. The summed E-state index contributed by atoms with van der Waals surface area (Å²) in [6.45, 7) is 1.94. The van der Waals surface area contributed by atoms with Crippen LogP contribution < -0.4 is 21.3 Å². The summed E-state index contributed by atoms with van der Waals surface area (Å²) in [6, 6.07) is 3.71. The molecule has 0 atom stereocenters. The third-order valence-electron chi connectivity index (χ3n) is 2.38. The van der Waals surface area contributed by atoms with Crippen LogP contribution in [0.4, 0.5) is 0 Å². The van der Waals surface area contributed by atoms with Gasteiger partial charge >= 0.3 is 0 Å². The Morgan fingerprint density at radius 3 is 2.84 bits per heavy atom. The molecule has 0 saturated carbocycles. The molecule has 0 spiro atoms. The number of rotatable bonds is 7. The maximum atomic E-state index is 5.39. The van der Waals surface area contributed by atoms with Gasteiger partial charge in [0.05, 0.1) is 13.7 Å². The van der Waals surface area contributed by atoms with E-state index >= 15 is 0 Å². The van der Waals surface area contributed by atoms with Crippen molar-refractivity contribution in [3.8, 4) is 5.88 Å². The summed E-state index contributed by atoms with van der Waals surface area (Å²) >= 11 is 0. The number of methoxy groups -OCH3 is 2. The lowest BCUT2D eigenvalue weighted by atomic mass is 10.3. The van der Waals surface area contributed by atoms with Crippen LogP contribution in [0.25, 0.3) is 0 Å². The molecular weight excluding hydrogens is 246 g/mol. The van der Waals surface area contributed by atoms with Gasteiger partial charge in [0.25, 0.3) is 0 Å². The number of aliphatic imine (C=N–C) groups is 1. The van der Waals surface area contributed by atoms with E-state index in [1.807, 2.05) is 6.07 Å². The van der Waals surface area contributed by atoms with Crippen LogP contribution in [0.2, 0.25) is 0 Å². The van der Waals surface area contributed by atoms with Crippen molar-refractivity contribution in [1.82, 2.24) is 15.7 Å². The van der Waals surface area contributed by atoms with E-state index in [2.05, 4.69) is 20.7 Å². The van der Waals surface area contributed by atoms with E-state index in [0.29, 0.717) is 25.0 Å². The largest absolute Gasteiger partial charge is 0.481 e. The quantitative estimate of drug-likeness (QED) is 0.212. The van der Waals surface area contributed by atoms with Crippen molar-refractivity contribution in [3.05, 3.63) is 23.9 Å². The molecule has 1 aromatic heterocycles. The second-order valence-electron chi connectivity index (χ2n) is 3.79. The van der Waals surface area contributed by atoms with Gasteiger partial charge in [-0.25, -0.2) is 15.8 Å². The number of aromatic nitrogens is 1. The Kier molecular flexibility index (Phi) is 7.30. The third kappa shape index (κ3) is 6.03. The van der Waals surface area contributed by atoms with Gasteiger partial charge in [-0.3, -0.25) is 5.43 Å². The van der Waals surface area contributed by atoms with Crippen LogP contribution in [0.5, 0.6) is 5.88 Å². The molecule has 0 aliphatic heterocycles. The summed E-state index contributed by atoms with van der Waals surface area (Å²) < 4.78 is 9.95. The number of hydrazine groups is 1. The van der Waals surface area contributed by atoms with E-state index in [0.717, 1.165) is 18.5 Å². The first-order chi connectivity index (χ1) is 9.30. The molecule has 0 aromatic carbocycles. The van der Waals surface area contributed by atoms with Crippen LogP contribution in [0, 0.1) is 0 Å². The number of nitrogens with zero attached hydrogens (tertiary/aromatic N) is 2. The zero-order valence-electron chi connectivity index (χ0n) is 11.3. The molecule has 1 rings (SSSR count). The van der Waals surface area contributed by atoms with Crippen molar-refractivity contribution in [3.63, 3.8) is 0 Å². The first-order valence-electron chi connectivity index (χ1n) is 6.03. The predicted molar refractivity (Wildman–Crippen MR) is 73.7 cm³/mol. The molecule has 0 unspecified atom stereocenters. The van der Waals surface area contributed by atoms with Crippen LogP contribution in [0.1, 0.15) is 12.0 Å². The second kappa shape index (κ2) is 9.12. The lowest BCUT2D eigenvalue weighted by molar-refractivity contribution is 0.195. The second-order valence-corrected chi connectivity index (χ2v) is 3.79. The van der Waals surface area contributed by atoms with Gasteiger partial charge in [-0.05, 0) is 12.0 Å². The monoisotopic (exact) mass is 267 g/mol. The Labute approximate surface area is 113 Å². The minimum Gasteiger partial charge on any atom is -0.481 e. The number of guanidine groups is 1. The Bertz CT molecular complexity index is 380. The van der Waals surface area contributed by atoms with Gasteiger partial charge in [-0.1, -0.05) is 6.07 Å². The van der Waals surface area contributed by atoms with Crippen molar-refractivity contribution < 1.29 is 9.47 Å². The summed E-state index contributed by atoms with van der Waals surface area (Å²) in [6.07, 6.45) is 2.61. The van der Waals surface area contributed by atoms with Crippen LogP contribution >= 0.6 is 0 Å². The highest BCUT2D eigenvalue weighted by atomic mass is 16.5. The van der Waals surface area contributed by atoms with E-state index in [1.54, 1.807) is 26.5 Å². The van der Waals surface area contributed by atoms with Crippen molar-refractivity contribution in [2.24, 2.45) is 10.8 Å². The Morgan fingerprint density at radius 2 is 2.26 bits per heavy atom. The molecule has 4 N–H and O–H groups in total. The van der Waals surface area contributed by atoms with E-state index < -0.39 is 0 Å². The van der Waals surface area contributed by atoms with Crippen LogP contribution in [0.15, 0.2) is 23.3 Å². The fourth-order valence-electron chi connectivity index (χ4n) is 1.37. The van der Waals surface area contributed by atoms with Crippen LogP contribution in [-0.2, 0) is 11.3 Å². The molecule has 7 heteroatoms. The first-order valence-corrected chi connectivity index (χ1v) is 6.03. The third-order valence-corrected chi connectivity index (χ3v) is 2.38. The average molecular weight is 267 g/mol. The summed E-state index contributed by atoms with van der Waals surface area (Å²) in [5.41, 5.74) is 3.50. The highest BCUT2D eigenvalue weighted by molar-refractivity contribution is 5.79. The van der Waals surface area contributed by atoms with Gasteiger partial charge in [-0.15, -0.1) is 0 Å². The lowest BCUT2D eigenvalue weighted by Gasteiger charge is -2.08. The first kappa shape index (κ1) is 15.2. The van der Waals surface area contributed by atoms with E-state index in [1.165, 1.54) is 0 Å². The van der Waals surface area contributed by atoms with Gasteiger partial charge in [0.2, 0.25) is 11.8 Å². The van der Waals surface area contributed by atoms with Crippen molar-refractivity contribution in [1.29, 1.82) is 0 Å². The molecule has 0 aliphatic carbocycles. The number of pyridine rings is 1. The summed E-state index contributed by atoms with van der Waals surface area (Å²) in [7, 11) is 3.26. The molecule has 1 heterocycles. The summed E-state index contributed by atoms with van der Waals surface area (Å²) in [5, 5.41) is 3.09. The van der Waals surface area contributed by atoms with E-state index in [4.69, 9.17) is 15.3 Å². The summed E-state index contributed by atoms with van der Waals surface area (Å²) in [4.78, 5) is 8.42. The number of hydrogen-bond acceptors (Lipinski definition) is 5. The fraction of sp³-hybridized carbons (Fsp3) is 0.500. The number of nitrogens with one attached hydrogen (secondary N) is 2. The highest BCUT2D eigenvalue weighted by Gasteiger charge is 1.97. The van der Waals surface area contributed by atoms with Gasteiger partial charge in [0.15, 0.2) is 0 Å². The standard InChI is InChI=1S/C12H21N5O2/c1-18-7-3-6-14-12(17-13)16-9-10-4-5-11(19-2)15-8-10/h4-5,8H,3,6-7,9,13H2,1-2H3,(H2,14,16,17). The van der Waals surface area contributed by atoms with Crippen molar-refractivity contribution in [2.45, 2.75) is 13.0 Å². The molecule has 0 fully saturated rings. The van der Waals surface area contributed by atoms with E-state index in [9.17, 15) is 0 Å². The molecule has 0 aliphatic rings. The van der Waals surface area contributed by atoms with Crippen LogP contribution in [0.3, 0.4) is 0 Å². The Balaban J connectivity index is 2.42. The van der Waals surface area contributed by atoms with Crippen LogP contribution in [-0.4, -0.2) is 38.3 Å². The van der Waals surface area contributed by atoms with Gasteiger partial charge in [0, 0.05) is 32.5 Å². The SMILES string of the molecule is COCCCNC(=NCc1ccc(OC)nc1)NN. The molecule has 19 heavy (non-hydrogen) atoms. The maximum Gasteiger partial charge on any atom is 0.212 e. The maximum absolute atomic E-state index is 5.39. The van der Waals surface area contributed by atoms with E-state index in [-0.39, 0.29) is 0 Å². The topological polar surface area (TPSA) is 93.8 Å². The molecule has 0 radical (unpaired) electrons. The lowest BCUT2D eigenvalue weighted by Crippen LogP contribution is -2.42. The Morgan fingerprint density at radius 1 is 1.42 bits per heavy atom. The normalized spacial score (nSPS) is 11.2. The molecule has 7 nitrogen and oxygen atoms in total. The van der Waals surface area contributed by atoms with Crippen molar-refractivity contribution in [2.75, 3.05) is 27.4 Å². The molecule has 1 aromatic rings. The smallest absolute Gasteiger partial charge is 0.212 e. The molecule has 0 bridgehead atoms. The molecule has 106 valence electrons. The number of nitrogens with two attached hydrogens (primary N) is 1. The minimum atomic E-state index is 0.494. The van der Waals surface area contributed by atoms with Crippen molar-refractivity contribution >= 4 is 5.96 Å². The number of hydrogen-bond donors (Lipinski definition) is 3. The molecular formula is C12H21N5O2. The molecule has 0 saturated heterocycles. The zero-order valence-corrected chi connectivity index (χ0v) is 11.3. The minimum absolute atomic E-state index is 0.494. The van der Waals surface area contributed by atoms with Gasteiger partial charge in [-0.2, -0.15) is 0 Å². The average Bonchev–Trinajstić information content (AvgIpc) is 2.47. The molecule has 0 amide bonds. The van der Waals surface area contributed by atoms with Gasteiger partial charge < -0.3 is 14.8 Å². The predicted octanol–water partition coefficient (Wildman–Crippen LogP) is 0.0356.